The van der Waals surface area contributed by atoms with E-state index in [0.717, 1.165) is 11.4 Å². The Morgan fingerprint density at radius 3 is 2.83 bits per heavy atom. The predicted molar refractivity (Wildman–Crippen MR) is 56.9 cm³/mol. The van der Waals surface area contributed by atoms with Crippen molar-refractivity contribution in [3.05, 3.63) is 0 Å². The van der Waals surface area contributed by atoms with Gasteiger partial charge in [-0.1, -0.05) is 15.9 Å². The first-order valence-corrected chi connectivity index (χ1v) is 5.84. The molecule has 0 spiro atoms. The third-order valence-corrected chi connectivity index (χ3v) is 2.91. The topological polar surface area (TPSA) is 6.48 Å². The second kappa shape index (κ2) is 5.20. The van der Waals surface area contributed by atoms with Crippen molar-refractivity contribution in [1.29, 1.82) is 0 Å². The standard InChI is InChI=1S/C9H19BrN2/c1-9-8-11(2)5-3-6-12(9)7-4-10/h9H,3-8H2,1-2H3. The molecule has 0 radical (unpaired) electrons. The molecule has 0 aromatic carbocycles. The fraction of sp³-hybridized carbons (Fsp3) is 1.00. The van der Waals surface area contributed by atoms with Crippen LogP contribution in [0.3, 0.4) is 0 Å². The van der Waals surface area contributed by atoms with Gasteiger partial charge in [0.25, 0.3) is 0 Å². The van der Waals surface area contributed by atoms with Crippen molar-refractivity contribution < 1.29 is 0 Å². The molecule has 0 saturated carbocycles. The zero-order chi connectivity index (χ0) is 8.97. The zero-order valence-corrected chi connectivity index (χ0v) is 9.68. The van der Waals surface area contributed by atoms with Crippen LogP contribution in [0, 0.1) is 0 Å². The molecule has 1 heterocycles. The molecule has 1 fully saturated rings. The quantitative estimate of drug-likeness (QED) is 0.668. The Labute approximate surface area is 84.0 Å². The first-order chi connectivity index (χ1) is 5.74. The molecule has 3 heteroatoms. The summed E-state index contributed by atoms with van der Waals surface area (Å²) < 4.78 is 0. The fourth-order valence-electron chi connectivity index (χ4n) is 1.86. The molecule has 0 aromatic rings. The summed E-state index contributed by atoms with van der Waals surface area (Å²) in [6, 6.07) is 0.718. The van der Waals surface area contributed by atoms with Crippen LogP contribution in [0.4, 0.5) is 0 Å². The van der Waals surface area contributed by atoms with E-state index in [9.17, 15) is 0 Å². The van der Waals surface area contributed by atoms with E-state index in [1.54, 1.807) is 0 Å². The highest BCUT2D eigenvalue weighted by atomic mass is 79.9. The lowest BCUT2D eigenvalue weighted by atomic mass is 10.3. The highest BCUT2D eigenvalue weighted by molar-refractivity contribution is 9.09. The third kappa shape index (κ3) is 3.04. The molecule has 0 aliphatic carbocycles. The van der Waals surface area contributed by atoms with Gasteiger partial charge in [0.15, 0.2) is 0 Å². The third-order valence-electron chi connectivity index (χ3n) is 2.56. The van der Waals surface area contributed by atoms with Crippen molar-refractivity contribution in [2.24, 2.45) is 0 Å². The number of hydrogen-bond acceptors (Lipinski definition) is 2. The van der Waals surface area contributed by atoms with Gasteiger partial charge in [-0.25, -0.2) is 0 Å². The van der Waals surface area contributed by atoms with Gasteiger partial charge >= 0.3 is 0 Å². The van der Waals surface area contributed by atoms with Gasteiger partial charge in [0.05, 0.1) is 0 Å². The van der Waals surface area contributed by atoms with Gasteiger partial charge in [-0.3, -0.25) is 4.90 Å². The lowest BCUT2D eigenvalue weighted by Gasteiger charge is -2.26. The van der Waals surface area contributed by atoms with E-state index in [1.807, 2.05) is 0 Å². The number of nitrogens with zero attached hydrogens (tertiary/aromatic N) is 2. The average Bonchev–Trinajstić information content (AvgIpc) is 2.15. The Kier molecular flexibility index (Phi) is 4.54. The smallest absolute Gasteiger partial charge is 0.0195 e. The summed E-state index contributed by atoms with van der Waals surface area (Å²) >= 11 is 3.50. The fourth-order valence-corrected chi connectivity index (χ4v) is 2.32. The average molecular weight is 235 g/mol. The van der Waals surface area contributed by atoms with E-state index >= 15 is 0 Å². The predicted octanol–water partition coefficient (Wildman–Crippen LogP) is 1.41. The summed E-state index contributed by atoms with van der Waals surface area (Å²) in [5.41, 5.74) is 0. The second-order valence-corrected chi connectivity index (χ2v) is 4.48. The molecule has 12 heavy (non-hydrogen) atoms. The van der Waals surface area contributed by atoms with E-state index in [-0.39, 0.29) is 0 Å². The highest BCUT2D eigenvalue weighted by Gasteiger charge is 2.18. The SMILES string of the molecule is CC1CN(C)CCCN1CCBr. The summed E-state index contributed by atoms with van der Waals surface area (Å²) in [6.07, 6.45) is 1.31. The van der Waals surface area contributed by atoms with E-state index < -0.39 is 0 Å². The lowest BCUT2D eigenvalue weighted by molar-refractivity contribution is 0.214. The van der Waals surface area contributed by atoms with Crippen LogP contribution in [0.5, 0.6) is 0 Å². The summed E-state index contributed by atoms with van der Waals surface area (Å²) in [6.45, 7) is 7.24. The Hall–Kier alpha value is 0.400. The molecule has 0 amide bonds. The first-order valence-electron chi connectivity index (χ1n) is 4.72. The molecule has 1 rings (SSSR count). The van der Waals surface area contributed by atoms with Crippen molar-refractivity contribution in [2.45, 2.75) is 19.4 Å². The van der Waals surface area contributed by atoms with E-state index in [1.165, 1.54) is 32.6 Å². The second-order valence-electron chi connectivity index (χ2n) is 3.69. The monoisotopic (exact) mass is 234 g/mol. The molecular weight excluding hydrogens is 216 g/mol. The van der Waals surface area contributed by atoms with Gasteiger partial charge in [-0.05, 0) is 33.5 Å². The van der Waals surface area contributed by atoms with Crippen LogP contribution >= 0.6 is 15.9 Å². The minimum absolute atomic E-state index is 0.718. The molecule has 1 aliphatic heterocycles. The van der Waals surface area contributed by atoms with Crippen LogP contribution in [0.1, 0.15) is 13.3 Å². The molecule has 1 saturated heterocycles. The van der Waals surface area contributed by atoms with Gasteiger partial charge in [-0.2, -0.15) is 0 Å². The molecule has 1 atom stereocenters. The van der Waals surface area contributed by atoms with Crippen molar-refractivity contribution in [2.75, 3.05) is 38.6 Å². The van der Waals surface area contributed by atoms with Crippen LogP contribution in [0.25, 0.3) is 0 Å². The van der Waals surface area contributed by atoms with Crippen LogP contribution in [-0.4, -0.2) is 54.4 Å². The summed E-state index contributed by atoms with van der Waals surface area (Å²) in [7, 11) is 2.22. The van der Waals surface area contributed by atoms with Crippen LogP contribution in [0.2, 0.25) is 0 Å². The summed E-state index contributed by atoms with van der Waals surface area (Å²) in [4.78, 5) is 5.00. The largest absolute Gasteiger partial charge is 0.305 e. The maximum atomic E-state index is 3.50. The molecule has 1 aliphatic rings. The van der Waals surface area contributed by atoms with Gasteiger partial charge in [0.1, 0.15) is 0 Å². The van der Waals surface area contributed by atoms with E-state index in [4.69, 9.17) is 0 Å². The lowest BCUT2D eigenvalue weighted by Crippen LogP contribution is -2.38. The Balaban J connectivity index is 2.40. The zero-order valence-electron chi connectivity index (χ0n) is 8.09. The van der Waals surface area contributed by atoms with Crippen LogP contribution in [-0.2, 0) is 0 Å². The normalized spacial score (nSPS) is 28.8. The number of halogens is 1. The molecule has 72 valence electrons. The summed E-state index contributed by atoms with van der Waals surface area (Å²) in [5, 5.41) is 1.10. The Morgan fingerprint density at radius 2 is 2.17 bits per heavy atom. The number of hydrogen-bond donors (Lipinski definition) is 0. The molecule has 0 N–H and O–H groups in total. The molecule has 1 unspecified atom stereocenters. The van der Waals surface area contributed by atoms with Gasteiger partial charge < -0.3 is 4.90 Å². The van der Waals surface area contributed by atoms with Crippen LogP contribution < -0.4 is 0 Å². The van der Waals surface area contributed by atoms with E-state index in [2.05, 4.69) is 39.7 Å². The van der Waals surface area contributed by atoms with Crippen molar-refractivity contribution >= 4 is 15.9 Å². The number of likely N-dealkylation sites (N-methyl/N-ethyl adjacent to an activating group) is 1. The molecular formula is C9H19BrN2. The number of alkyl halides is 1. The molecule has 2 nitrogen and oxygen atoms in total. The van der Waals surface area contributed by atoms with Gasteiger partial charge in [0.2, 0.25) is 0 Å². The van der Waals surface area contributed by atoms with Crippen LogP contribution in [0.15, 0.2) is 0 Å². The van der Waals surface area contributed by atoms with Crippen molar-refractivity contribution in [1.82, 2.24) is 9.80 Å². The van der Waals surface area contributed by atoms with E-state index in [0.29, 0.717) is 0 Å². The van der Waals surface area contributed by atoms with Crippen molar-refractivity contribution in [3.8, 4) is 0 Å². The highest BCUT2D eigenvalue weighted by Crippen LogP contribution is 2.08. The first kappa shape index (κ1) is 10.5. The maximum Gasteiger partial charge on any atom is 0.0195 e. The minimum atomic E-state index is 0.718. The van der Waals surface area contributed by atoms with Gasteiger partial charge in [-0.15, -0.1) is 0 Å². The van der Waals surface area contributed by atoms with Crippen molar-refractivity contribution in [3.63, 3.8) is 0 Å². The Morgan fingerprint density at radius 1 is 1.42 bits per heavy atom. The Bertz CT molecular complexity index is 130. The minimum Gasteiger partial charge on any atom is -0.305 e. The van der Waals surface area contributed by atoms with Gasteiger partial charge in [0, 0.05) is 24.5 Å². The maximum absolute atomic E-state index is 3.50. The molecule has 0 aromatic heterocycles. The molecule has 0 bridgehead atoms. The summed E-state index contributed by atoms with van der Waals surface area (Å²) in [5.74, 6) is 0. The number of rotatable bonds is 2.